The van der Waals surface area contributed by atoms with E-state index in [1.54, 1.807) is 0 Å². The van der Waals surface area contributed by atoms with Crippen molar-refractivity contribution < 1.29 is 0 Å². The second-order valence-corrected chi connectivity index (χ2v) is 9.91. The lowest BCUT2D eigenvalue weighted by molar-refractivity contribution is 0.699. The highest BCUT2D eigenvalue weighted by Crippen LogP contribution is 2.53. The van der Waals surface area contributed by atoms with Crippen LogP contribution in [0, 0.1) is 0 Å². The Bertz CT molecular complexity index is 981. The molecule has 0 radical (unpaired) electrons. The van der Waals surface area contributed by atoms with E-state index in [0.717, 1.165) is 35.1 Å². The van der Waals surface area contributed by atoms with Crippen molar-refractivity contribution in [2.75, 3.05) is 0 Å². The highest BCUT2D eigenvalue weighted by molar-refractivity contribution is 6.36. The van der Waals surface area contributed by atoms with Crippen molar-refractivity contribution in [3.8, 4) is 0 Å². The fourth-order valence-electron chi connectivity index (χ4n) is 4.76. The molecule has 28 heavy (non-hydrogen) atoms. The zero-order chi connectivity index (χ0) is 19.5. The standard InChI is InChI=1S/C24H18Cl4/c25-21-12-15-6-1-3-10-19(15)23(21,27)17-8-5-9-18(14-17)24(28)20-11-4-2-7-16(20)13-22(24)26/h1-11,14,21-22H,12-13H2/t21-,22-,23-,24+/m1/s1. The van der Waals surface area contributed by atoms with Crippen molar-refractivity contribution in [1.82, 2.24) is 0 Å². The first-order valence-corrected chi connectivity index (χ1v) is 11.0. The van der Waals surface area contributed by atoms with E-state index in [1.165, 1.54) is 11.1 Å². The molecule has 2 aliphatic rings. The molecule has 0 nitrogen and oxygen atoms in total. The maximum atomic E-state index is 7.23. The van der Waals surface area contributed by atoms with Gasteiger partial charge in [0.1, 0.15) is 9.75 Å². The Morgan fingerprint density at radius 1 is 0.607 bits per heavy atom. The summed E-state index contributed by atoms with van der Waals surface area (Å²) in [6.45, 7) is 0. The van der Waals surface area contributed by atoms with Crippen molar-refractivity contribution in [3.63, 3.8) is 0 Å². The summed E-state index contributed by atoms with van der Waals surface area (Å²) in [5.41, 5.74) is 6.47. The molecule has 0 spiro atoms. The Kier molecular flexibility index (Phi) is 4.49. The summed E-state index contributed by atoms with van der Waals surface area (Å²) in [5.74, 6) is 0. The lowest BCUT2D eigenvalue weighted by atomic mass is 9.86. The zero-order valence-corrected chi connectivity index (χ0v) is 18.0. The fraction of sp³-hybridized carbons (Fsp3) is 0.250. The number of hydrogen-bond acceptors (Lipinski definition) is 0. The number of alkyl halides is 4. The Morgan fingerprint density at radius 3 is 1.50 bits per heavy atom. The molecule has 0 amide bonds. The van der Waals surface area contributed by atoms with Crippen LogP contribution >= 0.6 is 46.4 Å². The smallest absolute Gasteiger partial charge is 0.111 e. The number of halogens is 4. The average Bonchev–Trinajstić information content (AvgIpc) is 3.14. The van der Waals surface area contributed by atoms with E-state index in [-0.39, 0.29) is 10.8 Å². The average molecular weight is 448 g/mol. The lowest BCUT2D eigenvalue weighted by Crippen LogP contribution is -2.30. The molecule has 0 aliphatic heterocycles. The molecular formula is C24H18Cl4. The fourth-order valence-corrected chi connectivity index (χ4v) is 6.33. The van der Waals surface area contributed by atoms with E-state index in [2.05, 4.69) is 30.3 Å². The molecule has 4 atom stereocenters. The van der Waals surface area contributed by atoms with Crippen molar-refractivity contribution >= 4 is 46.4 Å². The van der Waals surface area contributed by atoms with Crippen molar-refractivity contribution in [2.24, 2.45) is 0 Å². The largest absolute Gasteiger partial charge is 0.120 e. The number of hydrogen-bond donors (Lipinski definition) is 0. The first-order chi connectivity index (χ1) is 13.5. The van der Waals surface area contributed by atoms with E-state index in [4.69, 9.17) is 46.4 Å². The molecule has 0 unspecified atom stereocenters. The van der Waals surface area contributed by atoms with E-state index >= 15 is 0 Å². The number of benzene rings is 3. The molecule has 5 rings (SSSR count). The van der Waals surface area contributed by atoms with Crippen LogP contribution in [0.5, 0.6) is 0 Å². The zero-order valence-electron chi connectivity index (χ0n) is 15.0. The van der Waals surface area contributed by atoms with Crippen molar-refractivity contribution in [1.29, 1.82) is 0 Å². The predicted octanol–water partition coefficient (Wildman–Crippen LogP) is 6.98. The molecular weight excluding hydrogens is 430 g/mol. The van der Waals surface area contributed by atoms with Gasteiger partial charge in [0.15, 0.2) is 0 Å². The third-order valence-electron chi connectivity index (χ3n) is 6.18. The van der Waals surface area contributed by atoms with Gasteiger partial charge < -0.3 is 0 Å². The van der Waals surface area contributed by atoms with E-state index in [1.807, 2.05) is 42.5 Å². The summed E-state index contributed by atoms with van der Waals surface area (Å²) in [5, 5.41) is -0.452. The first kappa shape index (κ1) is 18.8. The van der Waals surface area contributed by atoms with Crippen LogP contribution in [0.15, 0.2) is 72.8 Å². The normalized spacial score (nSPS) is 30.9. The van der Waals surface area contributed by atoms with Gasteiger partial charge in [-0.3, -0.25) is 0 Å². The third-order valence-corrected chi connectivity index (χ3v) is 8.74. The van der Waals surface area contributed by atoms with Crippen LogP contribution in [0.4, 0.5) is 0 Å². The van der Waals surface area contributed by atoms with Crippen LogP contribution in [0.3, 0.4) is 0 Å². The second-order valence-electron chi connectivity index (χ2n) is 7.66. The summed E-state index contributed by atoms with van der Waals surface area (Å²) in [6.07, 6.45) is 1.50. The Labute approximate surface area is 185 Å². The summed E-state index contributed by atoms with van der Waals surface area (Å²) < 4.78 is 0. The highest BCUT2D eigenvalue weighted by atomic mass is 35.5. The molecule has 0 aromatic heterocycles. The minimum absolute atomic E-state index is 0.226. The monoisotopic (exact) mass is 446 g/mol. The molecule has 4 heteroatoms. The Hall–Kier alpha value is -1.18. The van der Waals surface area contributed by atoms with Crippen molar-refractivity contribution in [3.05, 3.63) is 106 Å². The van der Waals surface area contributed by atoms with Gasteiger partial charge in [-0.2, -0.15) is 0 Å². The summed E-state index contributed by atoms with van der Waals surface area (Å²) >= 11 is 28.0. The molecule has 3 aromatic rings. The van der Waals surface area contributed by atoms with Gasteiger partial charge in [-0.15, -0.1) is 46.4 Å². The Balaban J connectivity index is 1.66. The van der Waals surface area contributed by atoms with Crippen LogP contribution < -0.4 is 0 Å². The minimum atomic E-state index is -0.776. The summed E-state index contributed by atoms with van der Waals surface area (Å²) in [7, 11) is 0. The predicted molar refractivity (Wildman–Crippen MR) is 119 cm³/mol. The van der Waals surface area contributed by atoms with Crippen LogP contribution in [-0.4, -0.2) is 10.8 Å². The molecule has 0 heterocycles. The van der Waals surface area contributed by atoms with Crippen LogP contribution in [0.1, 0.15) is 33.4 Å². The topological polar surface area (TPSA) is 0 Å². The lowest BCUT2D eigenvalue weighted by Gasteiger charge is -2.31. The maximum Gasteiger partial charge on any atom is 0.111 e. The van der Waals surface area contributed by atoms with Crippen LogP contribution in [0.25, 0.3) is 0 Å². The van der Waals surface area contributed by atoms with Gasteiger partial charge in [0.2, 0.25) is 0 Å². The summed E-state index contributed by atoms with van der Waals surface area (Å²) in [6, 6.07) is 24.6. The van der Waals surface area contributed by atoms with Gasteiger partial charge >= 0.3 is 0 Å². The van der Waals surface area contributed by atoms with E-state index in [0.29, 0.717) is 0 Å². The van der Waals surface area contributed by atoms with E-state index < -0.39 is 9.75 Å². The van der Waals surface area contributed by atoms with Gasteiger partial charge in [-0.1, -0.05) is 72.8 Å². The van der Waals surface area contributed by atoms with Gasteiger partial charge in [-0.05, 0) is 46.2 Å². The molecule has 0 fully saturated rings. The highest BCUT2D eigenvalue weighted by Gasteiger charge is 2.49. The van der Waals surface area contributed by atoms with Gasteiger partial charge in [0, 0.05) is 0 Å². The second kappa shape index (κ2) is 6.67. The van der Waals surface area contributed by atoms with Gasteiger partial charge in [0.25, 0.3) is 0 Å². The quantitative estimate of drug-likeness (QED) is 0.371. The summed E-state index contributed by atoms with van der Waals surface area (Å²) in [4.78, 5) is -1.55. The van der Waals surface area contributed by atoms with Gasteiger partial charge in [0.05, 0.1) is 10.8 Å². The molecule has 0 bridgehead atoms. The minimum Gasteiger partial charge on any atom is -0.120 e. The molecule has 0 N–H and O–H groups in total. The van der Waals surface area contributed by atoms with Crippen LogP contribution in [-0.2, 0) is 22.6 Å². The third kappa shape index (κ3) is 2.52. The van der Waals surface area contributed by atoms with Crippen molar-refractivity contribution in [2.45, 2.75) is 33.3 Å². The van der Waals surface area contributed by atoms with E-state index in [9.17, 15) is 0 Å². The molecule has 2 aliphatic carbocycles. The molecule has 3 aromatic carbocycles. The first-order valence-electron chi connectivity index (χ1n) is 9.39. The number of rotatable bonds is 2. The molecule has 142 valence electrons. The maximum absolute atomic E-state index is 7.23. The van der Waals surface area contributed by atoms with Gasteiger partial charge in [-0.25, -0.2) is 0 Å². The van der Waals surface area contributed by atoms with Crippen LogP contribution in [0.2, 0.25) is 0 Å². The molecule has 0 saturated carbocycles. The molecule has 0 saturated heterocycles. The Morgan fingerprint density at radius 2 is 1.04 bits per heavy atom. The SMILES string of the molecule is Cl[C@@H]1Cc2ccccc2[C@]1(Cl)c1cccc([C@]2(Cl)c3ccccc3C[C@H]2Cl)c1. The number of fused-ring (bicyclic) bond motifs is 2.